The largest absolute Gasteiger partial charge is 0.465 e. The molecule has 0 bridgehead atoms. The van der Waals surface area contributed by atoms with E-state index in [1.54, 1.807) is 6.92 Å². The minimum atomic E-state index is -0.118. The molecule has 0 heterocycles. The van der Waals surface area contributed by atoms with Crippen molar-refractivity contribution in [2.75, 3.05) is 20.2 Å². The van der Waals surface area contributed by atoms with Crippen LogP contribution in [0.1, 0.15) is 20.3 Å². The first-order valence-corrected chi connectivity index (χ1v) is 4.00. The summed E-state index contributed by atoms with van der Waals surface area (Å²) in [5, 5.41) is 3.02. The Hall–Kier alpha value is -0.570. The van der Waals surface area contributed by atoms with E-state index in [1.807, 2.05) is 14.0 Å². The summed E-state index contributed by atoms with van der Waals surface area (Å²) in [5.41, 5.74) is 0. The first-order valence-electron chi connectivity index (χ1n) is 4.00. The number of hydrogen-bond donors (Lipinski definition) is 1. The molecular formula is C8H17NO2. The highest BCUT2D eigenvalue weighted by Gasteiger charge is 2.03. The van der Waals surface area contributed by atoms with Gasteiger partial charge in [0, 0.05) is 18.9 Å². The number of esters is 1. The van der Waals surface area contributed by atoms with Crippen LogP contribution in [0.25, 0.3) is 0 Å². The van der Waals surface area contributed by atoms with Crippen LogP contribution in [0.15, 0.2) is 0 Å². The molecule has 3 nitrogen and oxygen atoms in total. The second-order valence-electron chi connectivity index (χ2n) is 2.70. The van der Waals surface area contributed by atoms with E-state index in [0.29, 0.717) is 18.9 Å². The fraction of sp³-hybridized carbons (Fsp3) is 0.875. The zero-order chi connectivity index (χ0) is 8.69. The maximum Gasteiger partial charge on any atom is 0.305 e. The van der Waals surface area contributed by atoms with Crippen molar-refractivity contribution in [2.24, 2.45) is 5.92 Å². The molecule has 0 saturated heterocycles. The van der Waals surface area contributed by atoms with Crippen molar-refractivity contribution in [1.29, 1.82) is 0 Å². The molecule has 0 amide bonds. The van der Waals surface area contributed by atoms with Gasteiger partial charge in [-0.3, -0.25) is 4.79 Å². The van der Waals surface area contributed by atoms with Crippen LogP contribution in [0.4, 0.5) is 0 Å². The molecule has 11 heavy (non-hydrogen) atoms. The molecule has 0 aromatic rings. The van der Waals surface area contributed by atoms with Crippen LogP contribution in [-0.2, 0) is 9.53 Å². The average molecular weight is 159 g/mol. The van der Waals surface area contributed by atoms with Crippen LogP contribution in [-0.4, -0.2) is 26.2 Å². The molecule has 0 aliphatic rings. The van der Waals surface area contributed by atoms with E-state index in [0.717, 1.165) is 6.54 Å². The highest BCUT2D eigenvalue weighted by molar-refractivity contribution is 5.68. The van der Waals surface area contributed by atoms with E-state index in [-0.39, 0.29) is 5.97 Å². The summed E-state index contributed by atoms with van der Waals surface area (Å²) in [5.74, 6) is 0.281. The van der Waals surface area contributed by atoms with Gasteiger partial charge < -0.3 is 10.1 Å². The lowest BCUT2D eigenvalue weighted by Gasteiger charge is -2.10. The van der Waals surface area contributed by atoms with Gasteiger partial charge in [-0.1, -0.05) is 13.8 Å². The minimum absolute atomic E-state index is 0.118. The molecule has 0 aliphatic heterocycles. The van der Waals surface area contributed by atoms with E-state index in [1.165, 1.54) is 0 Å². The fourth-order valence-electron chi connectivity index (χ4n) is 0.745. The van der Waals surface area contributed by atoms with Gasteiger partial charge in [0.2, 0.25) is 0 Å². The third-order valence-electron chi connectivity index (χ3n) is 1.37. The molecule has 0 saturated carbocycles. The normalized spacial score (nSPS) is 12.6. The molecule has 0 rings (SSSR count). The fourth-order valence-corrected chi connectivity index (χ4v) is 0.745. The molecular weight excluding hydrogens is 142 g/mol. The lowest BCUT2D eigenvalue weighted by atomic mass is 10.2. The maximum absolute atomic E-state index is 10.7. The molecule has 0 aromatic carbocycles. The lowest BCUT2D eigenvalue weighted by molar-refractivity contribution is -0.144. The smallest absolute Gasteiger partial charge is 0.305 e. The van der Waals surface area contributed by atoms with Crippen molar-refractivity contribution >= 4 is 5.97 Å². The van der Waals surface area contributed by atoms with E-state index in [4.69, 9.17) is 4.74 Å². The highest BCUT2D eigenvalue weighted by atomic mass is 16.5. The van der Waals surface area contributed by atoms with Crippen LogP contribution < -0.4 is 5.32 Å². The quantitative estimate of drug-likeness (QED) is 0.603. The number of ether oxygens (including phenoxy) is 1. The van der Waals surface area contributed by atoms with Crippen LogP contribution >= 0.6 is 0 Å². The summed E-state index contributed by atoms with van der Waals surface area (Å²) >= 11 is 0. The summed E-state index contributed by atoms with van der Waals surface area (Å²) in [4.78, 5) is 10.7. The van der Waals surface area contributed by atoms with Gasteiger partial charge in [-0.25, -0.2) is 0 Å². The Morgan fingerprint density at radius 3 is 2.73 bits per heavy atom. The Labute approximate surface area is 68.1 Å². The Bertz CT molecular complexity index is 115. The van der Waals surface area contributed by atoms with E-state index in [2.05, 4.69) is 5.32 Å². The zero-order valence-electron chi connectivity index (χ0n) is 7.52. The van der Waals surface area contributed by atoms with Crippen molar-refractivity contribution < 1.29 is 9.53 Å². The van der Waals surface area contributed by atoms with Gasteiger partial charge in [0.1, 0.15) is 0 Å². The second-order valence-corrected chi connectivity index (χ2v) is 2.70. The van der Waals surface area contributed by atoms with Gasteiger partial charge in [0.15, 0.2) is 0 Å². The summed E-state index contributed by atoms with van der Waals surface area (Å²) < 4.78 is 4.93. The first kappa shape index (κ1) is 10.4. The highest BCUT2D eigenvalue weighted by Crippen LogP contribution is 1.94. The van der Waals surface area contributed by atoms with Gasteiger partial charge >= 0.3 is 5.97 Å². The van der Waals surface area contributed by atoms with Crippen LogP contribution in [0, 0.1) is 5.92 Å². The van der Waals surface area contributed by atoms with Crippen LogP contribution in [0.2, 0.25) is 0 Å². The SMILES string of the molecule is CCC(=O)OC[C@H](C)CNC. The Kier molecular flexibility index (Phi) is 5.84. The summed E-state index contributed by atoms with van der Waals surface area (Å²) in [6.45, 7) is 5.25. The molecule has 0 unspecified atom stereocenters. The predicted molar refractivity (Wildman–Crippen MR) is 44.3 cm³/mol. The topological polar surface area (TPSA) is 38.3 Å². The third kappa shape index (κ3) is 5.85. The van der Waals surface area contributed by atoms with Gasteiger partial charge in [-0.05, 0) is 7.05 Å². The number of nitrogens with one attached hydrogen (secondary N) is 1. The Morgan fingerprint density at radius 1 is 1.64 bits per heavy atom. The monoisotopic (exact) mass is 159 g/mol. The summed E-state index contributed by atoms with van der Waals surface area (Å²) in [7, 11) is 1.89. The van der Waals surface area contributed by atoms with E-state index in [9.17, 15) is 4.79 Å². The number of rotatable bonds is 5. The van der Waals surface area contributed by atoms with Gasteiger partial charge in [-0.15, -0.1) is 0 Å². The van der Waals surface area contributed by atoms with Crippen molar-refractivity contribution in [3.05, 3.63) is 0 Å². The minimum Gasteiger partial charge on any atom is -0.465 e. The molecule has 66 valence electrons. The summed E-state index contributed by atoms with van der Waals surface area (Å²) in [6, 6.07) is 0. The maximum atomic E-state index is 10.7. The number of carbonyl (C=O) groups is 1. The van der Waals surface area contributed by atoms with E-state index >= 15 is 0 Å². The first-order chi connectivity index (χ1) is 5.20. The van der Waals surface area contributed by atoms with Gasteiger partial charge in [0.05, 0.1) is 6.61 Å². The molecule has 1 atom stereocenters. The zero-order valence-corrected chi connectivity index (χ0v) is 7.52. The van der Waals surface area contributed by atoms with Crippen molar-refractivity contribution in [1.82, 2.24) is 5.32 Å². The number of carbonyl (C=O) groups excluding carboxylic acids is 1. The van der Waals surface area contributed by atoms with Crippen molar-refractivity contribution in [3.63, 3.8) is 0 Å². The Balaban J connectivity index is 3.29. The average Bonchev–Trinajstić information content (AvgIpc) is 2.01. The molecule has 0 fully saturated rings. The number of hydrogen-bond acceptors (Lipinski definition) is 3. The van der Waals surface area contributed by atoms with E-state index < -0.39 is 0 Å². The van der Waals surface area contributed by atoms with Crippen LogP contribution in [0.5, 0.6) is 0 Å². The third-order valence-corrected chi connectivity index (χ3v) is 1.37. The predicted octanol–water partition coefficient (Wildman–Crippen LogP) is 0.795. The van der Waals surface area contributed by atoms with Crippen molar-refractivity contribution in [2.45, 2.75) is 20.3 Å². The lowest BCUT2D eigenvalue weighted by Crippen LogP contribution is -2.21. The molecule has 3 heteroatoms. The van der Waals surface area contributed by atoms with Crippen molar-refractivity contribution in [3.8, 4) is 0 Å². The van der Waals surface area contributed by atoms with Crippen LogP contribution in [0.3, 0.4) is 0 Å². The van der Waals surface area contributed by atoms with Gasteiger partial charge in [-0.2, -0.15) is 0 Å². The van der Waals surface area contributed by atoms with Gasteiger partial charge in [0.25, 0.3) is 0 Å². The second kappa shape index (κ2) is 6.16. The Morgan fingerprint density at radius 2 is 2.27 bits per heavy atom. The molecule has 0 radical (unpaired) electrons. The molecule has 0 aliphatic carbocycles. The molecule has 0 spiro atoms. The standard InChI is InChI=1S/C8H17NO2/c1-4-8(10)11-6-7(2)5-9-3/h7,9H,4-6H2,1-3H3/t7-/m1/s1. The molecule has 1 N–H and O–H groups in total. The molecule has 0 aromatic heterocycles. The summed E-state index contributed by atoms with van der Waals surface area (Å²) in [6.07, 6.45) is 0.465.